The number of nitrogen functional groups attached to an aromatic ring is 1. The molecule has 1 aromatic rings. The number of ether oxygens (including phenoxy) is 1. The molecule has 15 heavy (non-hydrogen) atoms. The third kappa shape index (κ3) is 2.94. The van der Waals surface area contributed by atoms with Crippen molar-refractivity contribution in [2.75, 3.05) is 31.4 Å². The number of hydrogen-bond acceptors (Lipinski definition) is 3. The van der Waals surface area contributed by atoms with E-state index in [0.29, 0.717) is 11.4 Å². The van der Waals surface area contributed by atoms with Gasteiger partial charge >= 0.3 is 0 Å². The van der Waals surface area contributed by atoms with Crippen LogP contribution in [0, 0.1) is 0 Å². The van der Waals surface area contributed by atoms with Gasteiger partial charge in [0.15, 0.2) is 0 Å². The van der Waals surface area contributed by atoms with Gasteiger partial charge in [0.1, 0.15) is 6.61 Å². The Morgan fingerprint density at radius 1 is 1.60 bits per heavy atom. The lowest BCUT2D eigenvalue weighted by molar-refractivity contribution is -0.121. The lowest BCUT2D eigenvalue weighted by Gasteiger charge is -2.18. The molecule has 0 saturated carbocycles. The topological polar surface area (TPSA) is 55.6 Å². The van der Waals surface area contributed by atoms with Crippen molar-refractivity contribution in [1.29, 1.82) is 0 Å². The Kier molecular flexibility index (Phi) is 4.11. The average molecular weight is 273 g/mol. The van der Waals surface area contributed by atoms with Gasteiger partial charge in [-0.2, -0.15) is 0 Å². The van der Waals surface area contributed by atoms with Crippen LogP contribution in [0.5, 0.6) is 0 Å². The van der Waals surface area contributed by atoms with Gasteiger partial charge in [-0.15, -0.1) is 0 Å². The van der Waals surface area contributed by atoms with E-state index in [1.54, 1.807) is 19.2 Å². The minimum absolute atomic E-state index is 0.0476. The van der Waals surface area contributed by atoms with Gasteiger partial charge in [-0.3, -0.25) is 4.79 Å². The summed E-state index contributed by atoms with van der Waals surface area (Å²) < 4.78 is 5.65. The van der Waals surface area contributed by atoms with E-state index in [9.17, 15) is 4.79 Å². The first-order valence-corrected chi connectivity index (χ1v) is 5.16. The van der Waals surface area contributed by atoms with Crippen LogP contribution in [0.1, 0.15) is 0 Å². The van der Waals surface area contributed by atoms with E-state index >= 15 is 0 Å². The zero-order valence-corrected chi connectivity index (χ0v) is 10.2. The summed E-state index contributed by atoms with van der Waals surface area (Å²) in [5.41, 5.74) is 7.02. The van der Waals surface area contributed by atoms with Crippen LogP contribution in [0.4, 0.5) is 11.4 Å². The number of nitrogens with two attached hydrogens (primary N) is 1. The Morgan fingerprint density at radius 2 is 2.27 bits per heavy atom. The standard InChI is InChI=1S/C10H13BrN2O2/c1-13(10(14)6-15-2)9-4-3-7(11)5-8(9)12/h3-5H,6,12H2,1-2H3. The molecule has 4 nitrogen and oxygen atoms in total. The average Bonchev–Trinajstić information content (AvgIpc) is 2.17. The molecule has 1 amide bonds. The van der Waals surface area contributed by atoms with Crippen LogP contribution in [-0.2, 0) is 9.53 Å². The van der Waals surface area contributed by atoms with Crippen molar-refractivity contribution in [2.24, 2.45) is 0 Å². The minimum Gasteiger partial charge on any atom is -0.397 e. The largest absolute Gasteiger partial charge is 0.397 e. The molecule has 0 aliphatic carbocycles. The highest BCUT2D eigenvalue weighted by Gasteiger charge is 2.12. The zero-order chi connectivity index (χ0) is 11.4. The van der Waals surface area contributed by atoms with Gasteiger partial charge in [0, 0.05) is 18.6 Å². The minimum atomic E-state index is -0.133. The van der Waals surface area contributed by atoms with Crippen molar-refractivity contribution < 1.29 is 9.53 Å². The number of likely N-dealkylation sites (N-methyl/N-ethyl adjacent to an activating group) is 1. The molecule has 0 aromatic heterocycles. The molecule has 0 bridgehead atoms. The van der Waals surface area contributed by atoms with Crippen molar-refractivity contribution in [3.8, 4) is 0 Å². The molecule has 0 spiro atoms. The van der Waals surface area contributed by atoms with Crippen molar-refractivity contribution in [1.82, 2.24) is 0 Å². The Balaban J connectivity index is 2.91. The monoisotopic (exact) mass is 272 g/mol. The fourth-order valence-corrected chi connectivity index (χ4v) is 1.56. The molecule has 0 fully saturated rings. The molecule has 0 unspecified atom stereocenters. The number of carbonyl (C=O) groups is 1. The Hall–Kier alpha value is -1.07. The van der Waals surface area contributed by atoms with Gasteiger partial charge < -0.3 is 15.4 Å². The number of anilines is 2. The summed E-state index contributed by atoms with van der Waals surface area (Å²) in [6, 6.07) is 5.38. The number of hydrogen-bond donors (Lipinski definition) is 1. The summed E-state index contributed by atoms with van der Waals surface area (Å²) >= 11 is 3.31. The number of halogens is 1. The van der Waals surface area contributed by atoms with E-state index in [2.05, 4.69) is 15.9 Å². The van der Waals surface area contributed by atoms with Crippen LogP contribution in [0.15, 0.2) is 22.7 Å². The fraction of sp³-hybridized carbons (Fsp3) is 0.300. The van der Waals surface area contributed by atoms with Crippen LogP contribution in [0.3, 0.4) is 0 Å². The maximum Gasteiger partial charge on any atom is 0.252 e. The zero-order valence-electron chi connectivity index (χ0n) is 8.66. The number of carbonyl (C=O) groups excluding carboxylic acids is 1. The Labute approximate surface area is 97.1 Å². The quantitative estimate of drug-likeness (QED) is 0.852. The number of nitrogens with zero attached hydrogens (tertiary/aromatic N) is 1. The molecular weight excluding hydrogens is 260 g/mol. The highest BCUT2D eigenvalue weighted by atomic mass is 79.9. The van der Waals surface area contributed by atoms with Gasteiger partial charge in [-0.25, -0.2) is 0 Å². The predicted molar refractivity (Wildman–Crippen MR) is 63.8 cm³/mol. The first-order valence-electron chi connectivity index (χ1n) is 4.36. The second-order valence-electron chi connectivity index (χ2n) is 3.09. The van der Waals surface area contributed by atoms with Crippen molar-refractivity contribution in [3.05, 3.63) is 22.7 Å². The number of rotatable bonds is 3. The number of amides is 1. The SMILES string of the molecule is COCC(=O)N(C)c1ccc(Br)cc1N. The molecule has 0 aliphatic rings. The van der Waals surface area contributed by atoms with Crippen molar-refractivity contribution in [2.45, 2.75) is 0 Å². The van der Waals surface area contributed by atoms with E-state index in [1.165, 1.54) is 12.0 Å². The Morgan fingerprint density at radius 3 is 2.80 bits per heavy atom. The summed E-state index contributed by atoms with van der Waals surface area (Å²) in [6.07, 6.45) is 0. The molecule has 5 heteroatoms. The molecule has 0 atom stereocenters. The third-order valence-corrected chi connectivity index (χ3v) is 2.49. The summed E-state index contributed by atoms with van der Waals surface area (Å²) in [6.45, 7) is 0.0476. The van der Waals surface area contributed by atoms with E-state index in [0.717, 1.165) is 4.47 Å². The van der Waals surface area contributed by atoms with E-state index in [-0.39, 0.29) is 12.5 Å². The van der Waals surface area contributed by atoms with Crippen LogP contribution in [-0.4, -0.2) is 26.7 Å². The third-order valence-electron chi connectivity index (χ3n) is 1.99. The molecule has 0 radical (unpaired) electrons. The molecular formula is C10H13BrN2O2. The molecule has 0 heterocycles. The molecule has 82 valence electrons. The van der Waals surface area contributed by atoms with Crippen molar-refractivity contribution >= 4 is 33.2 Å². The van der Waals surface area contributed by atoms with Gasteiger partial charge in [-0.05, 0) is 18.2 Å². The van der Waals surface area contributed by atoms with E-state index < -0.39 is 0 Å². The smallest absolute Gasteiger partial charge is 0.252 e. The second-order valence-corrected chi connectivity index (χ2v) is 4.00. The molecule has 2 N–H and O–H groups in total. The summed E-state index contributed by atoms with van der Waals surface area (Å²) in [5.74, 6) is -0.133. The molecule has 1 aromatic carbocycles. The molecule has 1 rings (SSSR count). The summed E-state index contributed by atoms with van der Waals surface area (Å²) in [7, 11) is 3.15. The first kappa shape index (κ1) is 12.0. The second kappa shape index (κ2) is 5.14. The molecule has 0 saturated heterocycles. The lowest BCUT2D eigenvalue weighted by atomic mass is 10.2. The van der Waals surface area contributed by atoms with E-state index in [1.807, 2.05) is 6.07 Å². The van der Waals surface area contributed by atoms with Gasteiger partial charge in [0.05, 0.1) is 11.4 Å². The van der Waals surface area contributed by atoms with Crippen molar-refractivity contribution in [3.63, 3.8) is 0 Å². The van der Waals surface area contributed by atoms with Gasteiger partial charge in [0.2, 0.25) is 0 Å². The molecule has 0 aliphatic heterocycles. The first-order chi connectivity index (χ1) is 7.06. The van der Waals surface area contributed by atoms with Crippen LogP contribution in [0.2, 0.25) is 0 Å². The van der Waals surface area contributed by atoms with E-state index in [4.69, 9.17) is 10.5 Å². The summed E-state index contributed by atoms with van der Waals surface area (Å²) in [5, 5.41) is 0. The van der Waals surface area contributed by atoms with Crippen LogP contribution >= 0.6 is 15.9 Å². The van der Waals surface area contributed by atoms with Crippen LogP contribution < -0.4 is 10.6 Å². The lowest BCUT2D eigenvalue weighted by Crippen LogP contribution is -2.30. The number of methoxy groups -OCH3 is 1. The normalized spacial score (nSPS) is 10.1. The Bertz CT molecular complexity index is 368. The maximum atomic E-state index is 11.5. The predicted octanol–water partition coefficient (Wildman–Crippen LogP) is 1.64. The van der Waals surface area contributed by atoms with Gasteiger partial charge in [-0.1, -0.05) is 15.9 Å². The fourth-order valence-electron chi connectivity index (χ4n) is 1.19. The number of benzene rings is 1. The summed E-state index contributed by atoms with van der Waals surface area (Å²) in [4.78, 5) is 13.0. The van der Waals surface area contributed by atoms with Crippen LogP contribution in [0.25, 0.3) is 0 Å². The highest BCUT2D eigenvalue weighted by molar-refractivity contribution is 9.10. The highest BCUT2D eigenvalue weighted by Crippen LogP contribution is 2.25. The van der Waals surface area contributed by atoms with Gasteiger partial charge in [0.25, 0.3) is 5.91 Å². The maximum absolute atomic E-state index is 11.5.